The number of rotatable bonds is 5. The van der Waals surface area contributed by atoms with Crippen molar-refractivity contribution in [3.8, 4) is 10.4 Å². The monoisotopic (exact) mass is 426 g/mol. The SMILES string of the molecule is CC1CCC(C(=O)N(c2sc(-c3ccccc3)cc2C(=O)O)C2CCNCC2)CC1. The summed E-state index contributed by atoms with van der Waals surface area (Å²) >= 11 is 1.44. The van der Waals surface area contributed by atoms with E-state index in [0.717, 1.165) is 62.1 Å². The molecule has 0 unspecified atom stereocenters. The Labute approximate surface area is 182 Å². The Kier molecular flexibility index (Phi) is 6.54. The van der Waals surface area contributed by atoms with Gasteiger partial charge in [-0.15, -0.1) is 11.3 Å². The van der Waals surface area contributed by atoms with E-state index in [1.807, 2.05) is 35.2 Å². The zero-order valence-corrected chi connectivity index (χ0v) is 18.3. The first-order valence-electron chi connectivity index (χ1n) is 11.0. The van der Waals surface area contributed by atoms with Crippen LogP contribution < -0.4 is 10.2 Å². The summed E-state index contributed by atoms with van der Waals surface area (Å²) in [5.74, 6) is -0.174. The molecule has 1 amide bonds. The Hall–Kier alpha value is -2.18. The highest BCUT2D eigenvalue weighted by molar-refractivity contribution is 7.20. The van der Waals surface area contributed by atoms with Crippen molar-refractivity contribution in [1.82, 2.24) is 5.32 Å². The van der Waals surface area contributed by atoms with Crippen LogP contribution >= 0.6 is 11.3 Å². The van der Waals surface area contributed by atoms with Gasteiger partial charge in [-0.05, 0) is 69.2 Å². The number of benzene rings is 1. The molecule has 6 heteroatoms. The highest BCUT2D eigenvalue weighted by Gasteiger charge is 2.36. The predicted molar refractivity (Wildman–Crippen MR) is 121 cm³/mol. The number of aromatic carboxylic acids is 1. The van der Waals surface area contributed by atoms with E-state index in [9.17, 15) is 14.7 Å². The molecule has 0 radical (unpaired) electrons. The largest absolute Gasteiger partial charge is 0.478 e. The third-order valence-electron chi connectivity index (χ3n) is 6.50. The fraction of sp³-hybridized carbons (Fsp3) is 0.500. The van der Waals surface area contributed by atoms with Gasteiger partial charge in [-0.1, -0.05) is 37.3 Å². The number of amides is 1. The second kappa shape index (κ2) is 9.31. The van der Waals surface area contributed by atoms with Crippen molar-refractivity contribution in [2.45, 2.75) is 51.5 Å². The third kappa shape index (κ3) is 4.44. The Balaban J connectivity index is 1.73. The first kappa shape index (κ1) is 21.1. The minimum absolute atomic E-state index is 0.00000546. The number of hydrogen-bond acceptors (Lipinski definition) is 4. The molecular formula is C24H30N2O3S. The summed E-state index contributed by atoms with van der Waals surface area (Å²) in [6.45, 7) is 3.96. The first-order valence-corrected chi connectivity index (χ1v) is 11.8. The van der Waals surface area contributed by atoms with E-state index in [0.29, 0.717) is 10.9 Å². The van der Waals surface area contributed by atoms with Crippen molar-refractivity contribution in [1.29, 1.82) is 0 Å². The van der Waals surface area contributed by atoms with Crippen molar-refractivity contribution in [2.75, 3.05) is 18.0 Å². The average molecular weight is 427 g/mol. The summed E-state index contributed by atoms with van der Waals surface area (Å²) in [5.41, 5.74) is 1.23. The maximum atomic E-state index is 13.7. The Morgan fingerprint density at radius 3 is 2.33 bits per heavy atom. The molecule has 2 aromatic rings. The Bertz CT molecular complexity index is 881. The summed E-state index contributed by atoms with van der Waals surface area (Å²) in [7, 11) is 0. The van der Waals surface area contributed by atoms with E-state index in [-0.39, 0.29) is 23.4 Å². The lowest BCUT2D eigenvalue weighted by molar-refractivity contribution is -0.124. The molecule has 0 atom stereocenters. The molecule has 2 aliphatic rings. The van der Waals surface area contributed by atoms with E-state index in [2.05, 4.69) is 12.2 Å². The van der Waals surface area contributed by atoms with Gasteiger partial charge < -0.3 is 10.4 Å². The van der Waals surface area contributed by atoms with E-state index < -0.39 is 5.97 Å². The standard InChI is InChI=1S/C24H30N2O3S/c1-16-7-9-18(10-8-16)22(27)26(19-11-13-25-14-12-19)23-20(24(28)29)15-21(30-23)17-5-3-2-4-6-17/h2-6,15-16,18-19,25H,7-14H2,1H3,(H,28,29). The second-order valence-electron chi connectivity index (χ2n) is 8.65. The van der Waals surface area contributed by atoms with Gasteiger partial charge in [0.25, 0.3) is 0 Å². The molecule has 1 aliphatic heterocycles. The quantitative estimate of drug-likeness (QED) is 0.704. The molecule has 2 fully saturated rings. The van der Waals surface area contributed by atoms with Crippen LogP contribution in [0.3, 0.4) is 0 Å². The van der Waals surface area contributed by atoms with Crippen LogP contribution in [0.25, 0.3) is 10.4 Å². The number of anilines is 1. The van der Waals surface area contributed by atoms with Gasteiger partial charge in [-0.2, -0.15) is 0 Å². The molecule has 30 heavy (non-hydrogen) atoms. The maximum absolute atomic E-state index is 13.7. The molecule has 2 N–H and O–H groups in total. The molecule has 5 nitrogen and oxygen atoms in total. The van der Waals surface area contributed by atoms with Crippen molar-refractivity contribution in [2.24, 2.45) is 11.8 Å². The molecule has 160 valence electrons. The fourth-order valence-electron chi connectivity index (χ4n) is 4.67. The van der Waals surface area contributed by atoms with Gasteiger partial charge in [0.05, 0.1) is 5.56 Å². The fourth-order valence-corrected chi connectivity index (χ4v) is 5.91. The van der Waals surface area contributed by atoms with Crippen molar-refractivity contribution in [3.63, 3.8) is 0 Å². The van der Waals surface area contributed by atoms with E-state index >= 15 is 0 Å². The van der Waals surface area contributed by atoms with Crippen LogP contribution in [0.4, 0.5) is 5.00 Å². The van der Waals surface area contributed by atoms with Gasteiger partial charge in [-0.3, -0.25) is 9.69 Å². The number of nitrogens with one attached hydrogen (secondary N) is 1. The van der Waals surface area contributed by atoms with Crippen LogP contribution in [0.15, 0.2) is 36.4 Å². The Morgan fingerprint density at radius 2 is 1.70 bits per heavy atom. The van der Waals surface area contributed by atoms with Crippen LogP contribution in [0.1, 0.15) is 55.8 Å². The van der Waals surface area contributed by atoms with Crippen LogP contribution in [-0.2, 0) is 4.79 Å². The predicted octanol–water partition coefficient (Wildman–Crippen LogP) is 5.02. The number of piperidine rings is 1. The summed E-state index contributed by atoms with van der Waals surface area (Å²) in [6, 6.07) is 11.6. The Morgan fingerprint density at radius 1 is 1.03 bits per heavy atom. The third-order valence-corrected chi connectivity index (χ3v) is 7.68. The summed E-state index contributed by atoms with van der Waals surface area (Å²) in [6.07, 6.45) is 5.66. The first-order chi connectivity index (χ1) is 14.5. The summed E-state index contributed by atoms with van der Waals surface area (Å²) < 4.78 is 0. The smallest absolute Gasteiger partial charge is 0.338 e. The molecule has 4 rings (SSSR count). The molecular weight excluding hydrogens is 396 g/mol. The lowest BCUT2D eigenvalue weighted by Gasteiger charge is -2.37. The molecule has 1 saturated carbocycles. The molecule has 0 spiro atoms. The van der Waals surface area contributed by atoms with E-state index in [4.69, 9.17) is 0 Å². The zero-order valence-electron chi connectivity index (χ0n) is 17.5. The second-order valence-corrected chi connectivity index (χ2v) is 9.68. The van der Waals surface area contributed by atoms with Crippen molar-refractivity contribution >= 4 is 28.2 Å². The number of carbonyl (C=O) groups excluding carboxylic acids is 1. The molecule has 1 aliphatic carbocycles. The van der Waals surface area contributed by atoms with Gasteiger partial charge in [0, 0.05) is 16.8 Å². The van der Waals surface area contributed by atoms with Gasteiger partial charge in [0.2, 0.25) is 5.91 Å². The molecule has 1 aromatic carbocycles. The lowest BCUT2D eigenvalue weighted by Crippen LogP contribution is -2.49. The number of carbonyl (C=O) groups is 2. The molecule has 1 saturated heterocycles. The average Bonchev–Trinajstić information content (AvgIpc) is 3.21. The highest BCUT2D eigenvalue weighted by Crippen LogP contribution is 2.41. The van der Waals surface area contributed by atoms with Crippen molar-refractivity contribution < 1.29 is 14.7 Å². The number of carboxylic acids is 1. The van der Waals surface area contributed by atoms with Crippen molar-refractivity contribution in [3.05, 3.63) is 42.0 Å². The zero-order chi connectivity index (χ0) is 21.1. The number of hydrogen-bond donors (Lipinski definition) is 2. The maximum Gasteiger partial charge on any atom is 0.338 e. The topological polar surface area (TPSA) is 69.6 Å². The summed E-state index contributed by atoms with van der Waals surface area (Å²) in [5, 5.41) is 13.9. The lowest BCUT2D eigenvalue weighted by atomic mass is 9.82. The number of nitrogens with zero attached hydrogens (tertiary/aromatic N) is 1. The minimum Gasteiger partial charge on any atom is -0.478 e. The van der Waals surface area contributed by atoms with Crippen LogP contribution in [0, 0.1) is 11.8 Å². The summed E-state index contributed by atoms with van der Waals surface area (Å²) in [4.78, 5) is 28.7. The molecule has 2 heterocycles. The van der Waals surface area contributed by atoms with Gasteiger partial charge in [-0.25, -0.2) is 4.79 Å². The van der Waals surface area contributed by atoms with Crippen LogP contribution in [-0.4, -0.2) is 36.1 Å². The highest BCUT2D eigenvalue weighted by atomic mass is 32.1. The number of carboxylic acid groups (broad SMARTS) is 1. The van der Waals surface area contributed by atoms with Gasteiger partial charge in [0.15, 0.2) is 0 Å². The number of thiophene rings is 1. The van der Waals surface area contributed by atoms with Gasteiger partial charge >= 0.3 is 5.97 Å². The minimum atomic E-state index is -0.965. The normalized spacial score (nSPS) is 22.6. The molecule has 0 bridgehead atoms. The molecule has 1 aromatic heterocycles. The van der Waals surface area contributed by atoms with Crippen LogP contribution in [0.5, 0.6) is 0 Å². The van der Waals surface area contributed by atoms with E-state index in [1.54, 1.807) is 6.07 Å². The van der Waals surface area contributed by atoms with E-state index in [1.165, 1.54) is 11.3 Å². The van der Waals surface area contributed by atoms with Gasteiger partial charge in [0.1, 0.15) is 5.00 Å². The van der Waals surface area contributed by atoms with Crippen LogP contribution in [0.2, 0.25) is 0 Å².